The number of hydrogen-bond donors (Lipinski definition) is 6. The lowest BCUT2D eigenvalue weighted by atomic mass is 9.87. The van der Waals surface area contributed by atoms with Crippen LogP contribution in [0.1, 0.15) is 30.6 Å². The number of aliphatic hydroxyl groups excluding tert-OH is 3. The molecule has 0 saturated carbocycles. The molecule has 0 saturated heterocycles. The van der Waals surface area contributed by atoms with Crippen molar-refractivity contribution in [2.45, 2.75) is 26.4 Å². The maximum atomic E-state index is 11.3. The van der Waals surface area contributed by atoms with E-state index in [0.717, 1.165) is 0 Å². The molecule has 1 amide bonds. The van der Waals surface area contributed by atoms with E-state index < -0.39 is 23.4 Å². The number of amides is 1. The number of carboxylic acids is 1. The van der Waals surface area contributed by atoms with Crippen molar-refractivity contribution in [1.82, 2.24) is 5.32 Å². The van der Waals surface area contributed by atoms with Crippen molar-refractivity contribution in [2.75, 3.05) is 25.5 Å². The average molecular weight is 342 g/mol. The smallest absolute Gasteiger partial charge is 0.335 e. The van der Waals surface area contributed by atoms with Crippen molar-refractivity contribution in [3.8, 4) is 0 Å². The summed E-state index contributed by atoms with van der Waals surface area (Å²) in [6.45, 7) is 3.27. The predicted octanol–water partition coefficient (Wildman–Crippen LogP) is -0.169. The molecule has 0 bridgehead atoms. The standard InChI is InChI=1S/C9H19NO4.C7H7NO2/c1-9(2,6-12)7(13)8(14)10-4-3-5-11;8-6-3-1-5(2-4-6)7(9)10/h7,11-13H,3-6H2,1-2H3,(H,10,14);1-4H,8H2,(H,9,10). The molecule has 0 heterocycles. The zero-order chi connectivity index (χ0) is 18.8. The molecular weight excluding hydrogens is 316 g/mol. The second-order valence-electron chi connectivity index (χ2n) is 5.84. The molecule has 1 rings (SSSR count). The third-order valence-corrected chi connectivity index (χ3v) is 3.19. The fourth-order valence-corrected chi connectivity index (χ4v) is 1.45. The third kappa shape index (κ3) is 7.91. The van der Waals surface area contributed by atoms with E-state index in [9.17, 15) is 14.7 Å². The van der Waals surface area contributed by atoms with E-state index in [1.807, 2.05) is 0 Å². The lowest BCUT2D eigenvalue weighted by Crippen LogP contribution is -2.45. The number of nitrogen functional groups attached to an aromatic ring is 1. The highest BCUT2D eigenvalue weighted by molar-refractivity contribution is 5.87. The molecule has 7 N–H and O–H groups in total. The Morgan fingerprint density at radius 1 is 1.21 bits per heavy atom. The summed E-state index contributed by atoms with van der Waals surface area (Å²) < 4.78 is 0. The van der Waals surface area contributed by atoms with Crippen molar-refractivity contribution >= 4 is 17.6 Å². The van der Waals surface area contributed by atoms with Gasteiger partial charge in [0.2, 0.25) is 5.91 Å². The highest BCUT2D eigenvalue weighted by Gasteiger charge is 2.32. The van der Waals surface area contributed by atoms with Crippen LogP contribution in [0.5, 0.6) is 0 Å². The quantitative estimate of drug-likeness (QED) is 0.297. The first-order valence-electron chi connectivity index (χ1n) is 7.42. The minimum Gasteiger partial charge on any atom is -0.478 e. The summed E-state index contributed by atoms with van der Waals surface area (Å²) in [7, 11) is 0. The van der Waals surface area contributed by atoms with E-state index in [4.69, 9.17) is 21.1 Å². The molecule has 24 heavy (non-hydrogen) atoms. The van der Waals surface area contributed by atoms with Crippen LogP contribution in [-0.4, -0.2) is 58.2 Å². The summed E-state index contributed by atoms with van der Waals surface area (Å²) >= 11 is 0. The van der Waals surface area contributed by atoms with Crippen LogP contribution in [0.3, 0.4) is 0 Å². The number of anilines is 1. The Balaban J connectivity index is 0.000000463. The minimum atomic E-state index is -1.23. The number of nitrogens with two attached hydrogens (primary N) is 1. The molecule has 1 aromatic carbocycles. The maximum absolute atomic E-state index is 11.3. The van der Waals surface area contributed by atoms with Gasteiger partial charge >= 0.3 is 5.97 Å². The number of carbonyl (C=O) groups is 2. The lowest BCUT2D eigenvalue weighted by Gasteiger charge is -2.27. The molecule has 0 aliphatic heterocycles. The Bertz CT molecular complexity index is 516. The van der Waals surface area contributed by atoms with Crippen LogP contribution in [0.15, 0.2) is 24.3 Å². The first-order valence-corrected chi connectivity index (χ1v) is 7.42. The van der Waals surface area contributed by atoms with Crippen LogP contribution in [0.2, 0.25) is 0 Å². The molecule has 0 radical (unpaired) electrons. The molecule has 8 nitrogen and oxygen atoms in total. The van der Waals surface area contributed by atoms with Gasteiger partial charge < -0.3 is 31.5 Å². The van der Waals surface area contributed by atoms with Gasteiger partial charge in [-0.15, -0.1) is 0 Å². The summed E-state index contributed by atoms with van der Waals surface area (Å²) in [6, 6.07) is 6.06. The molecule has 0 aliphatic carbocycles. The van der Waals surface area contributed by atoms with Gasteiger partial charge in [0.1, 0.15) is 6.10 Å². The number of rotatable bonds is 7. The average Bonchev–Trinajstić information content (AvgIpc) is 2.55. The van der Waals surface area contributed by atoms with E-state index in [0.29, 0.717) is 18.7 Å². The molecule has 0 aromatic heterocycles. The van der Waals surface area contributed by atoms with Gasteiger partial charge in [0.05, 0.1) is 12.2 Å². The van der Waals surface area contributed by atoms with Gasteiger partial charge in [0.25, 0.3) is 0 Å². The number of benzene rings is 1. The van der Waals surface area contributed by atoms with Crippen LogP contribution >= 0.6 is 0 Å². The van der Waals surface area contributed by atoms with Crippen molar-refractivity contribution in [3.63, 3.8) is 0 Å². The zero-order valence-electron chi connectivity index (χ0n) is 13.9. The van der Waals surface area contributed by atoms with Gasteiger partial charge in [-0.3, -0.25) is 4.79 Å². The third-order valence-electron chi connectivity index (χ3n) is 3.19. The van der Waals surface area contributed by atoms with Crippen molar-refractivity contribution in [2.24, 2.45) is 5.41 Å². The SMILES string of the molecule is CC(C)(CO)C(O)C(=O)NCCCO.Nc1ccc(C(=O)O)cc1. The number of nitrogens with one attached hydrogen (secondary N) is 1. The van der Waals surface area contributed by atoms with E-state index in [1.165, 1.54) is 12.1 Å². The summed E-state index contributed by atoms with van der Waals surface area (Å²) in [6.07, 6.45) is -0.774. The van der Waals surface area contributed by atoms with Gasteiger partial charge in [-0.25, -0.2) is 4.79 Å². The fourth-order valence-electron chi connectivity index (χ4n) is 1.45. The maximum Gasteiger partial charge on any atom is 0.335 e. The van der Waals surface area contributed by atoms with Crippen LogP contribution in [-0.2, 0) is 4.79 Å². The number of carboxylic acid groups (broad SMARTS) is 1. The summed E-state index contributed by atoms with van der Waals surface area (Å²) in [5, 5.41) is 37.8. The van der Waals surface area contributed by atoms with E-state index in [2.05, 4.69) is 5.32 Å². The largest absolute Gasteiger partial charge is 0.478 e. The second-order valence-corrected chi connectivity index (χ2v) is 5.84. The first kappa shape index (κ1) is 21.8. The van der Waals surface area contributed by atoms with E-state index >= 15 is 0 Å². The van der Waals surface area contributed by atoms with Gasteiger partial charge in [0.15, 0.2) is 0 Å². The number of aromatic carboxylic acids is 1. The Morgan fingerprint density at radius 2 is 1.75 bits per heavy atom. The molecule has 1 aromatic rings. The van der Waals surface area contributed by atoms with E-state index in [1.54, 1.807) is 26.0 Å². The molecular formula is C16H26N2O6. The molecule has 8 heteroatoms. The van der Waals surface area contributed by atoms with Crippen LogP contribution in [0.25, 0.3) is 0 Å². The van der Waals surface area contributed by atoms with E-state index in [-0.39, 0.29) is 18.8 Å². The first-order chi connectivity index (χ1) is 11.2. The summed E-state index contributed by atoms with van der Waals surface area (Å²) in [4.78, 5) is 21.5. The van der Waals surface area contributed by atoms with Crippen LogP contribution < -0.4 is 11.1 Å². The van der Waals surface area contributed by atoms with Crippen molar-refractivity contribution in [1.29, 1.82) is 0 Å². The number of hydrogen-bond acceptors (Lipinski definition) is 6. The van der Waals surface area contributed by atoms with Gasteiger partial charge in [0, 0.05) is 24.3 Å². The van der Waals surface area contributed by atoms with Gasteiger partial charge in [-0.05, 0) is 30.7 Å². The Hall–Kier alpha value is -2.16. The highest BCUT2D eigenvalue weighted by atomic mass is 16.4. The van der Waals surface area contributed by atoms with Gasteiger partial charge in [-0.2, -0.15) is 0 Å². The normalized spacial score (nSPS) is 11.9. The molecule has 0 aliphatic rings. The van der Waals surface area contributed by atoms with Crippen molar-refractivity contribution in [3.05, 3.63) is 29.8 Å². The molecule has 1 unspecified atom stereocenters. The molecule has 0 fully saturated rings. The number of carbonyl (C=O) groups excluding carboxylic acids is 1. The van der Waals surface area contributed by atoms with Gasteiger partial charge in [-0.1, -0.05) is 13.8 Å². The lowest BCUT2D eigenvalue weighted by molar-refractivity contribution is -0.137. The highest BCUT2D eigenvalue weighted by Crippen LogP contribution is 2.19. The summed E-state index contributed by atoms with van der Waals surface area (Å²) in [5.74, 6) is -1.45. The monoisotopic (exact) mass is 342 g/mol. The van der Waals surface area contributed by atoms with Crippen molar-refractivity contribution < 1.29 is 30.0 Å². The Labute approximate surface area is 140 Å². The second kappa shape index (κ2) is 10.6. The topological polar surface area (TPSA) is 153 Å². The molecule has 136 valence electrons. The minimum absolute atomic E-state index is 0.000230. The fraction of sp³-hybridized carbons (Fsp3) is 0.500. The van der Waals surface area contributed by atoms with Crippen LogP contribution in [0.4, 0.5) is 5.69 Å². The zero-order valence-corrected chi connectivity index (χ0v) is 13.9. The summed E-state index contributed by atoms with van der Waals surface area (Å²) in [5.41, 5.74) is 5.32. The number of aliphatic hydroxyl groups is 3. The molecule has 1 atom stereocenters. The molecule has 0 spiro atoms. The Morgan fingerprint density at radius 3 is 2.17 bits per heavy atom. The van der Waals surface area contributed by atoms with Crippen LogP contribution in [0, 0.1) is 5.41 Å². The predicted molar refractivity (Wildman–Crippen MR) is 89.4 cm³/mol. The Kier molecular flexibility index (Phi) is 9.63.